The highest BCUT2D eigenvalue weighted by Gasteiger charge is 2.37. The fourth-order valence-electron chi connectivity index (χ4n) is 3.59. The summed E-state index contributed by atoms with van der Waals surface area (Å²) in [4.78, 5) is 0. The molecule has 5 heteroatoms. The van der Waals surface area contributed by atoms with Crippen molar-refractivity contribution < 1.29 is 0 Å². The highest BCUT2D eigenvalue weighted by molar-refractivity contribution is 6.68. The van der Waals surface area contributed by atoms with Gasteiger partial charge in [0.15, 0.2) is 0 Å². The summed E-state index contributed by atoms with van der Waals surface area (Å²) in [5.74, 6) is -0.494. The van der Waals surface area contributed by atoms with Gasteiger partial charge in [0.1, 0.15) is 0 Å². The van der Waals surface area contributed by atoms with Crippen LogP contribution in [0.15, 0.2) is 72.8 Å². The van der Waals surface area contributed by atoms with Crippen molar-refractivity contribution in [3.63, 3.8) is 0 Å². The Morgan fingerprint density at radius 2 is 0.889 bits per heavy atom. The van der Waals surface area contributed by atoms with Crippen molar-refractivity contribution in [1.82, 2.24) is 0 Å². The third kappa shape index (κ3) is 3.50. The summed E-state index contributed by atoms with van der Waals surface area (Å²) >= 11 is 32.3. The van der Waals surface area contributed by atoms with E-state index in [1.807, 2.05) is 72.8 Å². The van der Waals surface area contributed by atoms with Gasteiger partial charge >= 0.3 is 0 Å². The lowest BCUT2D eigenvalue weighted by atomic mass is 9.86. The molecule has 0 aliphatic heterocycles. The van der Waals surface area contributed by atoms with E-state index < -0.39 is 9.71 Å². The Labute approximate surface area is 182 Å². The monoisotopic (exact) mass is 452 g/mol. The average molecular weight is 455 g/mol. The lowest BCUT2D eigenvalue weighted by Gasteiger charge is -2.28. The molecule has 0 heterocycles. The van der Waals surface area contributed by atoms with E-state index in [4.69, 9.17) is 58.0 Å². The second-order valence-electron chi connectivity index (χ2n) is 6.34. The first kappa shape index (κ1) is 19.2. The number of halogens is 5. The summed E-state index contributed by atoms with van der Waals surface area (Å²) in [6, 6.07) is 23.3. The predicted molar refractivity (Wildman–Crippen MR) is 120 cm³/mol. The van der Waals surface area contributed by atoms with Crippen LogP contribution in [-0.4, -0.2) is 3.79 Å². The number of alkyl halides is 3. The molecule has 0 saturated carbocycles. The molecule has 0 amide bonds. The zero-order valence-electron chi connectivity index (χ0n) is 13.9. The van der Waals surface area contributed by atoms with Crippen molar-refractivity contribution in [2.75, 3.05) is 0 Å². The van der Waals surface area contributed by atoms with E-state index in [1.165, 1.54) is 0 Å². The highest BCUT2D eigenvalue weighted by atomic mass is 35.6. The summed E-state index contributed by atoms with van der Waals surface area (Å²) in [5.41, 5.74) is 1.81. The normalized spacial score (nSPS) is 12.2. The number of hydrogen-bond donors (Lipinski definition) is 0. The Balaban J connectivity index is 2.07. The van der Waals surface area contributed by atoms with Crippen LogP contribution in [-0.2, 0) is 0 Å². The molecule has 4 aromatic carbocycles. The van der Waals surface area contributed by atoms with Crippen LogP contribution in [0, 0.1) is 0 Å². The van der Waals surface area contributed by atoms with Crippen molar-refractivity contribution in [3.8, 4) is 0 Å². The Kier molecular flexibility index (Phi) is 5.22. The number of fused-ring (bicyclic) bond motifs is 2. The summed E-state index contributed by atoms with van der Waals surface area (Å²) < 4.78 is -1.56. The molecule has 0 nitrogen and oxygen atoms in total. The van der Waals surface area contributed by atoms with Gasteiger partial charge in [-0.1, -0.05) is 119 Å². The first-order valence-electron chi connectivity index (χ1n) is 8.29. The van der Waals surface area contributed by atoms with Gasteiger partial charge in [-0.2, -0.15) is 0 Å². The van der Waals surface area contributed by atoms with Crippen molar-refractivity contribution in [3.05, 3.63) is 94.0 Å². The van der Waals surface area contributed by atoms with Gasteiger partial charge in [0.2, 0.25) is 3.79 Å². The van der Waals surface area contributed by atoms with E-state index in [2.05, 4.69) is 0 Å². The third-order valence-electron chi connectivity index (χ3n) is 4.76. The third-order valence-corrected chi connectivity index (χ3v) is 6.07. The van der Waals surface area contributed by atoms with Gasteiger partial charge in [0.05, 0.1) is 5.92 Å². The van der Waals surface area contributed by atoms with Gasteiger partial charge in [-0.3, -0.25) is 0 Å². The Bertz CT molecular complexity index is 1060. The van der Waals surface area contributed by atoms with E-state index in [0.29, 0.717) is 10.0 Å². The molecule has 0 saturated heterocycles. The standard InChI is InChI=1S/C22H13Cl5/c23-19-11-9-17(13-5-1-3-7-15(13)19)21(22(25,26)27)18-10-12-20(24)16-8-4-2-6-14(16)18/h1-12,21H. The minimum atomic E-state index is -1.56. The van der Waals surface area contributed by atoms with Gasteiger partial charge in [-0.25, -0.2) is 0 Å². The molecular weight excluding hydrogens is 442 g/mol. The molecule has 27 heavy (non-hydrogen) atoms. The number of rotatable bonds is 2. The van der Waals surface area contributed by atoms with Gasteiger partial charge in [0.25, 0.3) is 0 Å². The Hall–Kier alpha value is -1.15. The van der Waals surface area contributed by atoms with Gasteiger partial charge in [-0.15, -0.1) is 0 Å². The first-order valence-corrected chi connectivity index (χ1v) is 10.2. The van der Waals surface area contributed by atoms with Crippen LogP contribution in [0.25, 0.3) is 21.5 Å². The lowest BCUT2D eigenvalue weighted by molar-refractivity contribution is 0.856. The van der Waals surface area contributed by atoms with Crippen LogP contribution >= 0.6 is 58.0 Å². The van der Waals surface area contributed by atoms with E-state index >= 15 is 0 Å². The first-order chi connectivity index (χ1) is 12.9. The molecule has 0 aromatic heterocycles. The maximum atomic E-state index is 6.51. The molecular formula is C22H13Cl5. The molecule has 136 valence electrons. The molecule has 0 spiro atoms. The van der Waals surface area contributed by atoms with Crippen molar-refractivity contribution in [2.24, 2.45) is 0 Å². The summed E-state index contributed by atoms with van der Waals surface area (Å²) in [6.07, 6.45) is 0. The fourth-order valence-corrected chi connectivity index (χ4v) is 4.76. The van der Waals surface area contributed by atoms with Crippen molar-refractivity contribution in [2.45, 2.75) is 9.71 Å². The fraction of sp³-hybridized carbons (Fsp3) is 0.0909. The number of hydrogen-bond acceptors (Lipinski definition) is 0. The topological polar surface area (TPSA) is 0 Å². The van der Waals surface area contributed by atoms with Crippen LogP contribution in [0.3, 0.4) is 0 Å². The smallest absolute Gasteiger partial charge is 0.0837 e. The van der Waals surface area contributed by atoms with E-state index in [-0.39, 0.29) is 0 Å². The number of benzene rings is 4. The van der Waals surface area contributed by atoms with Gasteiger partial charge in [-0.05, 0) is 34.0 Å². The maximum absolute atomic E-state index is 6.51. The summed E-state index contributed by atoms with van der Waals surface area (Å²) in [5, 5.41) is 5.10. The largest absolute Gasteiger partial charge is 0.201 e. The minimum absolute atomic E-state index is 0.494. The molecule has 0 aliphatic carbocycles. The quantitative estimate of drug-likeness (QED) is 0.265. The van der Waals surface area contributed by atoms with E-state index in [1.54, 1.807) is 0 Å². The van der Waals surface area contributed by atoms with Crippen LogP contribution < -0.4 is 0 Å². The van der Waals surface area contributed by atoms with Crippen LogP contribution in [0.2, 0.25) is 10.0 Å². The zero-order chi connectivity index (χ0) is 19.2. The van der Waals surface area contributed by atoms with Crippen LogP contribution in [0.1, 0.15) is 17.0 Å². The molecule has 4 rings (SSSR count). The average Bonchev–Trinajstić information content (AvgIpc) is 2.65. The second-order valence-corrected chi connectivity index (χ2v) is 9.52. The van der Waals surface area contributed by atoms with Crippen LogP contribution in [0.5, 0.6) is 0 Å². The second kappa shape index (κ2) is 7.35. The Morgan fingerprint density at radius 3 is 1.26 bits per heavy atom. The maximum Gasteiger partial charge on any atom is 0.201 e. The van der Waals surface area contributed by atoms with E-state index in [0.717, 1.165) is 32.7 Å². The molecule has 0 aliphatic rings. The highest BCUT2D eigenvalue weighted by Crippen LogP contribution is 2.50. The van der Waals surface area contributed by atoms with Crippen molar-refractivity contribution >= 4 is 79.5 Å². The molecule has 0 atom stereocenters. The molecule has 0 bridgehead atoms. The lowest BCUT2D eigenvalue weighted by Crippen LogP contribution is -2.19. The summed E-state index contributed by atoms with van der Waals surface area (Å²) in [7, 11) is 0. The van der Waals surface area contributed by atoms with Gasteiger partial charge < -0.3 is 0 Å². The Morgan fingerprint density at radius 1 is 0.519 bits per heavy atom. The molecule has 4 aromatic rings. The summed E-state index contributed by atoms with van der Waals surface area (Å²) in [6.45, 7) is 0. The molecule has 0 N–H and O–H groups in total. The van der Waals surface area contributed by atoms with Gasteiger partial charge in [0, 0.05) is 20.8 Å². The van der Waals surface area contributed by atoms with Crippen molar-refractivity contribution in [1.29, 1.82) is 0 Å². The predicted octanol–water partition coefficient (Wildman–Crippen LogP) is 8.80. The molecule has 0 radical (unpaired) electrons. The van der Waals surface area contributed by atoms with Crippen LogP contribution in [0.4, 0.5) is 0 Å². The van der Waals surface area contributed by atoms with E-state index in [9.17, 15) is 0 Å². The molecule has 0 fully saturated rings. The minimum Gasteiger partial charge on any atom is -0.0837 e. The SMILES string of the molecule is Clc1ccc(C(c2ccc(Cl)c3ccccc23)C(Cl)(Cl)Cl)c2ccccc12. The molecule has 0 unspecified atom stereocenters. The zero-order valence-corrected chi connectivity index (χ0v) is 17.7.